The third kappa shape index (κ3) is 4.23. The Balaban J connectivity index is 1.89. The van der Waals surface area contributed by atoms with E-state index >= 15 is 0 Å². The first kappa shape index (κ1) is 14.4. The molecule has 1 fully saturated rings. The van der Waals surface area contributed by atoms with E-state index in [1.54, 1.807) is 6.26 Å². The number of piperidine rings is 1. The van der Waals surface area contributed by atoms with Crippen molar-refractivity contribution in [3.63, 3.8) is 0 Å². The Kier molecular flexibility index (Phi) is 4.86. The van der Waals surface area contributed by atoms with Crippen LogP contribution in [0.3, 0.4) is 0 Å². The second kappa shape index (κ2) is 6.42. The minimum absolute atomic E-state index is 0.662. The van der Waals surface area contributed by atoms with Gasteiger partial charge in [0.1, 0.15) is 6.26 Å². The van der Waals surface area contributed by atoms with E-state index in [0.717, 1.165) is 49.7 Å². The highest BCUT2D eigenvalue weighted by atomic mass is 16.4. The first-order valence-electron chi connectivity index (χ1n) is 7.44. The van der Waals surface area contributed by atoms with E-state index in [-0.39, 0.29) is 0 Å². The average Bonchev–Trinajstić information content (AvgIpc) is 2.76. The Morgan fingerprint density at radius 2 is 2.05 bits per heavy atom. The van der Waals surface area contributed by atoms with E-state index in [1.807, 2.05) is 0 Å². The van der Waals surface area contributed by atoms with Gasteiger partial charge in [-0.15, -0.1) is 0 Å². The van der Waals surface area contributed by atoms with Crippen LogP contribution < -0.4 is 10.2 Å². The molecule has 0 aliphatic carbocycles. The summed E-state index contributed by atoms with van der Waals surface area (Å²) in [5, 5.41) is 3.39. The van der Waals surface area contributed by atoms with Crippen LogP contribution in [0.15, 0.2) is 10.7 Å². The van der Waals surface area contributed by atoms with Crippen LogP contribution in [0.2, 0.25) is 0 Å². The fourth-order valence-electron chi connectivity index (χ4n) is 2.83. The van der Waals surface area contributed by atoms with Crippen molar-refractivity contribution in [1.82, 2.24) is 10.3 Å². The van der Waals surface area contributed by atoms with Crippen LogP contribution in [0, 0.1) is 17.8 Å². The van der Waals surface area contributed by atoms with E-state index in [4.69, 9.17) is 4.42 Å². The first-order chi connectivity index (χ1) is 9.04. The minimum Gasteiger partial charge on any atom is -0.432 e. The molecule has 1 aromatic heterocycles. The molecule has 0 spiro atoms. The number of hydrogen-bond donors (Lipinski definition) is 1. The molecule has 0 radical (unpaired) electrons. The lowest BCUT2D eigenvalue weighted by Gasteiger charge is -2.33. The summed E-state index contributed by atoms with van der Waals surface area (Å²) in [4.78, 5) is 6.88. The topological polar surface area (TPSA) is 41.3 Å². The standard InChI is InChI=1S/C15H27N3O/c1-11(2)6-16-7-14-10-19-15(17-14)18-8-12(3)5-13(4)9-18/h10-13,16H,5-9H2,1-4H3. The largest absolute Gasteiger partial charge is 0.432 e. The molecule has 1 aliphatic heterocycles. The van der Waals surface area contributed by atoms with Crippen molar-refractivity contribution < 1.29 is 4.42 Å². The van der Waals surface area contributed by atoms with Gasteiger partial charge in [0.05, 0.1) is 5.69 Å². The van der Waals surface area contributed by atoms with Gasteiger partial charge in [0.2, 0.25) is 0 Å². The summed E-state index contributed by atoms with van der Waals surface area (Å²) in [6.07, 6.45) is 3.09. The number of nitrogens with zero attached hydrogens (tertiary/aromatic N) is 2. The Bertz CT molecular complexity index is 378. The minimum atomic E-state index is 0.662. The van der Waals surface area contributed by atoms with E-state index in [9.17, 15) is 0 Å². The highest BCUT2D eigenvalue weighted by Gasteiger charge is 2.24. The second-order valence-corrected chi connectivity index (χ2v) is 6.50. The van der Waals surface area contributed by atoms with Gasteiger partial charge in [-0.2, -0.15) is 4.98 Å². The van der Waals surface area contributed by atoms with E-state index < -0.39 is 0 Å². The predicted octanol–water partition coefficient (Wildman–Crippen LogP) is 2.90. The van der Waals surface area contributed by atoms with Crippen LogP contribution in [-0.2, 0) is 6.54 Å². The molecular formula is C15H27N3O. The zero-order valence-electron chi connectivity index (χ0n) is 12.6. The van der Waals surface area contributed by atoms with Crippen molar-refractivity contribution in [3.05, 3.63) is 12.0 Å². The van der Waals surface area contributed by atoms with Crippen LogP contribution in [0.4, 0.5) is 6.01 Å². The van der Waals surface area contributed by atoms with Gasteiger partial charge in [-0.1, -0.05) is 27.7 Å². The lowest BCUT2D eigenvalue weighted by molar-refractivity contribution is 0.340. The molecule has 0 amide bonds. The fourth-order valence-corrected chi connectivity index (χ4v) is 2.83. The third-order valence-corrected chi connectivity index (χ3v) is 3.54. The molecule has 2 heterocycles. The maximum atomic E-state index is 5.63. The smallest absolute Gasteiger partial charge is 0.297 e. The van der Waals surface area contributed by atoms with Crippen molar-refractivity contribution in [2.24, 2.45) is 17.8 Å². The second-order valence-electron chi connectivity index (χ2n) is 6.50. The normalized spacial score (nSPS) is 24.2. The Morgan fingerprint density at radius 3 is 2.68 bits per heavy atom. The Morgan fingerprint density at radius 1 is 1.37 bits per heavy atom. The van der Waals surface area contributed by atoms with Gasteiger partial charge in [0.25, 0.3) is 6.01 Å². The van der Waals surface area contributed by atoms with Crippen LogP contribution in [0.1, 0.15) is 39.8 Å². The molecule has 0 bridgehead atoms. The van der Waals surface area contributed by atoms with Crippen molar-refractivity contribution >= 4 is 6.01 Å². The van der Waals surface area contributed by atoms with Crippen molar-refractivity contribution in [2.75, 3.05) is 24.5 Å². The van der Waals surface area contributed by atoms with Crippen LogP contribution in [-0.4, -0.2) is 24.6 Å². The quantitative estimate of drug-likeness (QED) is 0.889. The summed E-state index contributed by atoms with van der Waals surface area (Å²) in [5.74, 6) is 2.10. The molecule has 1 aromatic rings. The van der Waals surface area contributed by atoms with Crippen LogP contribution in [0.25, 0.3) is 0 Å². The molecule has 1 N–H and O–H groups in total. The Labute approximate surface area is 116 Å². The SMILES string of the molecule is CC(C)CNCc1coc(N2CC(C)CC(C)C2)n1. The zero-order valence-corrected chi connectivity index (χ0v) is 12.6. The van der Waals surface area contributed by atoms with Gasteiger partial charge in [-0.05, 0) is 30.7 Å². The number of hydrogen-bond acceptors (Lipinski definition) is 4. The van der Waals surface area contributed by atoms with Gasteiger partial charge in [-0.25, -0.2) is 0 Å². The summed E-state index contributed by atoms with van der Waals surface area (Å²) in [6.45, 7) is 12.9. The van der Waals surface area contributed by atoms with Crippen LogP contribution >= 0.6 is 0 Å². The van der Waals surface area contributed by atoms with Gasteiger partial charge >= 0.3 is 0 Å². The van der Waals surface area contributed by atoms with Gasteiger partial charge in [-0.3, -0.25) is 0 Å². The molecule has 108 valence electrons. The molecule has 4 heteroatoms. The lowest BCUT2D eigenvalue weighted by atomic mass is 9.92. The summed E-state index contributed by atoms with van der Waals surface area (Å²) in [5.41, 5.74) is 1.00. The predicted molar refractivity (Wildman–Crippen MR) is 78.2 cm³/mol. The monoisotopic (exact) mass is 265 g/mol. The summed E-state index contributed by atoms with van der Waals surface area (Å²) in [6, 6.07) is 0.791. The molecule has 2 atom stereocenters. The average molecular weight is 265 g/mol. The molecular weight excluding hydrogens is 238 g/mol. The van der Waals surface area contributed by atoms with Crippen molar-refractivity contribution in [1.29, 1.82) is 0 Å². The maximum Gasteiger partial charge on any atom is 0.297 e. The number of aromatic nitrogens is 1. The molecule has 1 aliphatic rings. The zero-order chi connectivity index (χ0) is 13.8. The number of oxazole rings is 1. The molecule has 4 nitrogen and oxygen atoms in total. The number of anilines is 1. The maximum absolute atomic E-state index is 5.63. The van der Waals surface area contributed by atoms with Gasteiger partial charge in [0, 0.05) is 19.6 Å². The highest BCUT2D eigenvalue weighted by molar-refractivity contribution is 5.28. The molecule has 0 saturated carbocycles. The number of nitrogens with one attached hydrogen (secondary N) is 1. The molecule has 2 unspecified atom stereocenters. The van der Waals surface area contributed by atoms with Crippen molar-refractivity contribution in [2.45, 2.75) is 40.7 Å². The molecule has 19 heavy (non-hydrogen) atoms. The lowest BCUT2D eigenvalue weighted by Crippen LogP contribution is -2.38. The molecule has 1 saturated heterocycles. The van der Waals surface area contributed by atoms with Gasteiger partial charge < -0.3 is 14.6 Å². The van der Waals surface area contributed by atoms with E-state index in [2.05, 4.69) is 42.9 Å². The van der Waals surface area contributed by atoms with Crippen molar-refractivity contribution in [3.8, 4) is 0 Å². The summed E-state index contributed by atoms with van der Waals surface area (Å²) < 4.78 is 5.63. The summed E-state index contributed by atoms with van der Waals surface area (Å²) >= 11 is 0. The van der Waals surface area contributed by atoms with Crippen LogP contribution in [0.5, 0.6) is 0 Å². The highest BCUT2D eigenvalue weighted by Crippen LogP contribution is 2.25. The fraction of sp³-hybridized carbons (Fsp3) is 0.800. The molecule has 0 aromatic carbocycles. The van der Waals surface area contributed by atoms with E-state index in [0.29, 0.717) is 5.92 Å². The van der Waals surface area contributed by atoms with E-state index in [1.165, 1.54) is 6.42 Å². The molecule has 2 rings (SSSR count). The summed E-state index contributed by atoms with van der Waals surface area (Å²) in [7, 11) is 0. The van der Waals surface area contributed by atoms with Gasteiger partial charge in [0.15, 0.2) is 0 Å². The first-order valence-corrected chi connectivity index (χ1v) is 7.44. The third-order valence-electron chi connectivity index (χ3n) is 3.54. The number of rotatable bonds is 5. The Hall–Kier alpha value is -1.03.